The summed E-state index contributed by atoms with van der Waals surface area (Å²) in [6.45, 7) is 3.48. The maximum absolute atomic E-state index is 13.5. The molecule has 0 fully saturated rings. The Balaban J connectivity index is 2.75. The van der Waals surface area contributed by atoms with E-state index in [9.17, 15) is 9.18 Å². The summed E-state index contributed by atoms with van der Waals surface area (Å²) >= 11 is 4.60. The number of hydrogen-bond donors (Lipinski definition) is 2. The Labute approximate surface area is 118 Å². The number of hydrogen-bond acceptors (Lipinski definition) is 3. The van der Waals surface area contributed by atoms with Crippen molar-refractivity contribution in [2.45, 2.75) is 30.4 Å². The van der Waals surface area contributed by atoms with Crippen LogP contribution in [0.2, 0.25) is 0 Å². The second-order valence-corrected chi connectivity index (χ2v) is 6.99. The maximum atomic E-state index is 13.5. The zero-order valence-electron chi connectivity index (χ0n) is 10.1. The summed E-state index contributed by atoms with van der Waals surface area (Å²) in [5, 5.41) is 8.89. The van der Waals surface area contributed by atoms with E-state index in [1.54, 1.807) is 26.0 Å². The van der Waals surface area contributed by atoms with Crippen molar-refractivity contribution in [1.82, 2.24) is 0 Å². The van der Waals surface area contributed by atoms with Crippen molar-refractivity contribution in [3.63, 3.8) is 0 Å². The summed E-state index contributed by atoms with van der Waals surface area (Å²) in [5.74, 6) is -0.980. The first-order valence-electron chi connectivity index (χ1n) is 5.30. The molecule has 0 radical (unpaired) electrons. The number of aliphatic carboxylic acids is 1. The molecule has 100 valence electrons. The Morgan fingerprint density at radius 1 is 1.61 bits per heavy atom. The van der Waals surface area contributed by atoms with Gasteiger partial charge in [-0.25, -0.2) is 4.39 Å². The molecule has 0 heterocycles. The molecule has 0 spiro atoms. The number of rotatable bonds is 5. The fourth-order valence-electron chi connectivity index (χ4n) is 1.30. The van der Waals surface area contributed by atoms with Crippen LogP contribution in [0.1, 0.15) is 19.4 Å². The van der Waals surface area contributed by atoms with E-state index in [0.29, 0.717) is 11.3 Å². The van der Waals surface area contributed by atoms with Crippen molar-refractivity contribution in [2.24, 2.45) is 5.73 Å². The van der Waals surface area contributed by atoms with Crippen LogP contribution in [0.3, 0.4) is 0 Å². The second-order valence-electron chi connectivity index (χ2n) is 4.44. The number of benzene rings is 1. The highest BCUT2D eigenvalue weighted by Crippen LogP contribution is 2.32. The molecule has 0 aliphatic carbocycles. The highest BCUT2D eigenvalue weighted by molar-refractivity contribution is 9.10. The molecule has 0 aromatic heterocycles. The van der Waals surface area contributed by atoms with E-state index < -0.39 is 16.8 Å². The SMILES string of the molecule is CC(C)(SCc1cc(Br)ccc1F)[C@H](N)C(=O)O. The monoisotopic (exact) mass is 335 g/mol. The Hall–Kier alpha value is -0.590. The van der Waals surface area contributed by atoms with Crippen LogP contribution in [0.4, 0.5) is 4.39 Å². The molecule has 0 saturated carbocycles. The van der Waals surface area contributed by atoms with Gasteiger partial charge >= 0.3 is 5.97 Å². The van der Waals surface area contributed by atoms with Crippen LogP contribution in [0.5, 0.6) is 0 Å². The van der Waals surface area contributed by atoms with Gasteiger partial charge in [-0.05, 0) is 37.6 Å². The molecule has 0 aliphatic rings. The van der Waals surface area contributed by atoms with Crippen LogP contribution in [-0.2, 0) is 10.5 Å². The summed E-state index contributed by atoms with van der Waals surface area (Å²) in [6.07, 6.45) is 0. The van der Waals surface area contributed by atoms with Gasteiger partial charge in [0.15, 0.2) is 0 Å². The average molecular weight is 336 g/mol. The summed E-state index contributed by atoms with van der Waals surface area (Å²) in [4.78, 5) is 10.9. The average Bonchev–Trinajstić information content (AvgIpc) is 2.29. The molecule has 1 aromatic carbocycles. The molecule has 3 nitrogen and oxygen atoms in total. The summed E-state index contributed by atoms with van der Waals surface area (Å²) < 4.78 is 13.6. The van der Waals surface area contributed by atoms with Crippen LogP contribution in [0.25, 0.3) is 0 Å². The molecule has 3 N–H and O–H groups in total. The van der Waals surface area contributed by atoms with Gasteiger partial charge in [0.05, 0.1) is 0 Å². The van der Waals surface area contributed by atoms with Crippen LogP contribution >= 0.6 is 27.7 Å². The topological polar surface area (TPSA) is 63.3 Å². The first-order chi connectivity index (χ1) is 8.24. The van der Waals surface area contributed by atoms with Gasteiger partial charge in [0.1, 0.15) is 11.9 Å². The number of halogens is 2. The van der Waals surface area contributed by atoms with E-state index in [1.807, 2.05) is 0 Å². The molecule has 0 saturated heterocycles. The molecular formula is C12H15BrFNO2S. The fraction of sp³-hybridized carbons (Fsp3) is 0.417. The number of nitrogens with two attached hydrogens (primary N) is 1. The lowest BCUT2D eigenvalue weighted by Gasteiger charge is -2.28. The van der Waals surface area contributed by atoms with Crippen LogP contribution in [0, 0.1) is 5.82 Å². The predicted octanol–water partition coefficient (Wildman–Crippen LogP) is 3.01. The first kappa shape index (κ1) is 15.5. The standard InChI is InChI=1S/C12H15BrFNO2S/c1-12(2,10(15)11(16)17)18-6-7-5-8(13)3-4-9(7)14/h3-5,10H,6,15H2,1-2H3,(H,16,17)/t10-/m1/s1. The Morgan fingerprint density at radius 2 is 2.22 bits per heavy atom. The van der Waals surface area contributed by atoms with Crippen molar-refractivity contribution in [2.75, 3.05) is 0 Å². The molecule has 6 heteroatoms. The van der Waals surface area contributed by atoms with Crippen molar-refractivity contribution in [1.29, 1.82) is 0 Å². The number of carboxylic acids is 1. The van der Waals surface area contributed by atoms with Gasteiger partial charge in [0, 0.05) is 15.0 Å². The normalized spacial score (nSPS) is 13.4. The number of carboxylic acid groups (broad SMARTS) is 1. The summed E-state index contributed by atoms with van der Waals surface area (Å²) in [5.41, 5.74) is 6.13. The van der Waals surface area contributed by atoms with Crippen LogP contribution < -0.4 is 5.73 Å². The van der Waals surface area contributed by atoms with Gasteiger partial charge in [-0.3, -0.25) is 4.79 Å². The van der Waals surface area contributed by atoms with Gasteiger partial charge in [-0.1, -0.05) is 15.9 Å². The van der Waals surface area contributed by atoms with E-state index >= 15 is 0 Å². The van der Waals surface area contributed by atoms with Crippen molar-refractivity contribution >= 4 is 33.7 Å². The molecule has 0 amide bonds. The van der Waals surface area contributed by atoms with Gasteiger partial charge in [-0.15, -0.1) is 11.8 Å². The van der Waals surface area contributed by atoms with Crippen molar-refractivity contribution in [3.05, 3.63) is 34.1 Å². The molecular weight excluding hydrogens is 321 g/mol. The van der Waals surface area contributed by atoms with Crippen molar-refractivity contribution in [3.8, 4) is 0 Å². The van der Waals surface area contributed by atoms with E-state index in [2.05, 4.69) is 15.9 Å². The third-order valence-electron chi connectivity index (χ3n) is 2.62. The first-order valence-corrected chi connectivity index (χ1v) is 7.08. The summed E-state index contributed by atoms with van der Waals surface area (Å²) in [6, 6.07) is 3.70. The van der Waals surface area contributed by atoms with Crippen molar-refractivity contribution < 1.29 is 14.3 Å². The molecule has 18 heavy (non-hydrogen) atoms. The van der Waals surface area contributed by atoms with Crippen LogP contribution in [-0.4, -0.2) is 21.9 Å². The molecule has 0 aliphatic heterocycles. The fourth-order valence-corrected chi connectivity index (χ4v) is 2.74. The highest BCUT2D eigenvalue weighted by Gasteiger charge is 2.32. The van der Waals surface area contributed by atoms with E-state index in [0.717, 1.165) is 4.47 Å². The van der Waals surface area contributed by atoms with Gasteiger partial charge < -0.3 is 10.8 Å². The van der Waals surface area contributed by atoms with Crippen LogP contribution in [0.15, 0.2) is 22.7 Å². The lowest BCUT2D eigenvalue weighted by molar-refractivity contribution is -0.139. The number of thioether (sulfide) groups is 1. The maximum Gasteiger partial charge on any atom is 0.321 e. The number of carbonyl (C=O) groups is 1. The third-order valence-corrected chi connectivity index (χ3v) is 4.57. The minimum absolute atomic E-state index is 0.301. The Bertz CT molecular complexity index is 454. The molecule has 1 atom stereocenters. The lowest BCUT2D eigenvalue weighted by atomic mass is 10.1. The Kier molecular flexibility index (Phi) is 5.19. The van der Waals surface area contributed by atoms with Gasteiger partial charge in [0.25, 0.3) is 0 Å². The quantitative estimate of drug-likeness (QED) is 0.868. The Morgan fingerprint density at radius 3 is 2.78 bits per heavy atom. The zero-order chi connectivity index (χ0) is 13.9. The smallest absolute Gasteiger partial charge is 0.321 e. The van der Waals surface area contributed by atoms with Gasteiger partial charge in [0.2, 0.25) is 0 Å². The molecule has 1 aromatic rings. The largest absolute Gasteiger partial charge is 0.480 e. The van der Waals surface area contributed by atoms with E-state index in [1.165, 1.54) is 17.8 Å². The molecule has 0 unspecified atom stereocenters. The highest BCUT2D eigenvalue weighted by atomic mass is 79.9. The third kappa shape index (κ3) is 3.96. The lowest BCUT2D eigenvalue weighted by Crippen LogP contribution is -2.46. The molecule has 0 bridgehead atoms. The second kappa shape index (κ2) is 6.04. The van der Waals surface area contributed by atoms with Gasteiger partial charge in [-0.2, -0.15) is 0 Å². The summed E-state index contributed by atoms with van der Waals surface area (Å²) in [7, 11) is 0. The minimum atomic E-state index is -1.05. The van der Waals surface area contributed by atoms with E-state index in [-0.39, 0.29) is 5.82 Å². The van der Waals surface area contributed by atoms with E-state index in [4.69, 9.17) is 10.8 Å². The molecule has 1 rings (SSSR count). The zero-order valence-corrected chi connectivity index (χ0v) is 12.5. The predicted molar refractivity (Wildman–Crippen MR) is 75.1 cm³/mol. The minimum Gasteiger partial charge on any atom is -0.480 e.